The average molecular weight is 149 g/mol. The Bertz CT molecular complexity index is 274. The van der Waals surface area contributed by atoms with Crippen LogP contribution in [-0.2, 0) is 4.79 Å². The van der Waals surface area contributed by atoms with E-state index in [9.17, 15) is 9.59 Å². The van der Waals surface area contributed by atoms with Crippen molar-refractivity contribution in [3.05, 3.63) is 29.8 Å². The van der Waals surface area contributed by atoms with Crippen molar-refractivity contribution < 1.29 is 14.7 Å². The summed E-state index contributed by atoms with van der Waals surface area (Å²) in [6.07, 6.45) is 1.23. The first-order valence-electron chi connectivity index (χ1n) is 2.95. The summed E-state index contributed by atoms with van der Waals surface area (Å²) in [6.45, 7) is 0. The van der Waals surface area contributed by atoms with Crippen molar-refractivity contribution in [1.82, 2.24) is 0 Å². The van der Waals surface area contributed by atoms with E-state index in [4.69, 9.17) is 5.11 Å². The van der Waals surface area contributed by atoms with E-state index in [1.165, 1.54) is 30.6 Å². The molecule has 0 saturated carbocycles. The summed E-state index contributed by atoms with van der Waals surface area (Å²) in [5, 5.41) is 8.80. The molecule has 0 aliphatic heterocycles. The maximum Gasteiger partial charge on any atom is 0.277 e. The molecule has 0 bridgehead atoms. The largest absolute Gasteiger partial charge is 0.508 e. The van der Waals surface area contributed by atoms with Crippen LogP contribution in [-0.4, -0.2) is 17.2 Å². The summed E-state index contributed by atoms with van der Waals surface area (Å²) < 4.78 is 0. The van der Waals surface area contributed by atoms with E-state index in [0.29, 0.717) is 0 Å². The van der Waals surface area contributed by atoms with Gasteiger partial charge in [-0.1, -0.05) is 0 Å². The van der Waals surface area contributed by atoms with Gasteiger partial charge in [0, 0.05) is 5.56 Å². The number of benzene rings is 1. The number of Topliss-reactive ketones (excluding diaryl/α,β-unsaturated/α-hetero) is 1. The second-order valence-corrected chi connectivity index (χ2v) is 1.98. The van der Waals surface area contributed by atoms with Crippen molar-refractivity contribution in [1.29, 1.82) is 0 Å². The average Bonchev–Trinajstić information content (AvgIpc) is 2.05. The second kappa shape index (κ2) is 2.96. The minimum absolute atomic E-state index is 0.0625. The van der Waals surface area contributed by atoms with Crippen LogP contribution in [0.1, 0.15) is 10.4 Å². The van der Waals surface area contributed by atoms with Crippen molar-refractivity contribution >= 4 is 12.1 Å². The minimum Gasteiger partial charge on any atom is -0.508 e. The first kappa shape index (κ1) is 7.47. The molecule has 0 spiro atoms. The number of phenolic OH excluding ortho intramolecular Hbond substituents is 1. The summed E-state index contributed by atoms with van der Waals surface area (Å²) in [5.74, 6) is -0.641. The zero-order valence-corrected chi connectivity index (χ0v) is 5.57. The van der Waals surface area contributed by atoms with Crippen LogP contribution < -0.4 is 0 Å². The minimum atomic E-state index is -0.704. The van der Waals surface area contributed by atoms with Crippen molar-refractivity contribution in [3.63, 3.8) is 0 Å². The molecule has 1 aromatic rings. The number of ketones is 1. The molecule has 3 nitrogen and oxygen atoms in total. The molecule has 0 aromatic heterocycles. The Morgan fingerprint density at radius 1 is 1.27 bits per heavy atom. The van der Waals surface area contributed by atoms with Gasteiger partial charge in [-0.2, -0.15) is 0 Å². The van der Waals surface area contributed by atoms with E-state index in [1.807, 2.05) is 0 Å². The van der Waals surface area contributed by atoms with Gasteiger partial charge in [-0.3, -0.25) is 9.59 Å². The van der Waals surface area contributed by atoms with E-state index in [0.717, 1.165) is 0 Å². The maximum absolute atomic E-state index is 10.6. The predicted molar refractivity (Wildman–Crippen MR) is 38.1 cm³/mol. The maximum atomic E-state index is 10.6. The number of hydrogen-bond acceptors (Lipinski definition) is 3. The predicted octanol–water partition coefficient (Wildman–Crippen LogP) is 0.685. The molecular weight excluding hydrogens is 144 g/mol. The van der Waals surface area contributed by atoms with Gasteiger partial charge in [0.05, 0.1) is 0 Å². The van der Waals surface area contributed by atoms with Gasteiger partial charge in [-0.15, -0.1) is 0 Å². The molecule has 55 valence electrons. The number of carbonyl (C=O) groups excluding carboxylic acids is 2. The van der Waals surface area contributed by atoms with Crippen LogP contribution >= 0.6 is 0 Å². The molecule has 1 rings (SSSR count). The topological polar surface area (TPSA) is 54.4 Å². The van der Waals surface area contributed by atoms with Crippen molar-refractivity contribution in [2.75, 3.05) is 0 Å². The van der Waals surface area contributed by atoms with E-state index < -0.39 is 5.78 Å². The molecule has 0 aliphatic carbocycles. The van der Waals surface area contributed by atoms with Gasteiger partial charge in [0.25, 0.3) is 6.29 Å². The zero-order chi connectivity index (χ0) is 8.27. The third-order valence-corrected chi connectivity index (χ3v) is 1.22. The Kier molecular flexibility index (Phi) is 2.01. The molecule has 1 N–H and O–H groups in total. The number of phenols is 1. The van der Waals surface area contributed by atoms with Crippen molar-refractivity contribution in [3.8, 4) is 5.75 Å². The highest BCUT2D eigenvalue weighted by Gasteiger charge is 2.03. The fourth-order valence-electron chi connectivity index (χ4n) is 0.672. The van der Waals surface area contributed by atoms with Gasteiger partial charge in [0.2, 0.25) is 5.78 Å². The van der Waals surface area contributed by atoms with Crippen LogP contribution in [0.3, 0.4) is 0 Å². The normalized spacial score (nSPS) is 9.09. The molecular formula is C8H5O3. The highest BCUT2D eigenvalue weighted by molar-refractivity contribution is 6.33. The SMILES string of the molecule is O=[C]C(=O)c1ccc(O)cc1. The lowest BCUT2D eigenvalue weighted by Gasteiger charge is -1.92. The number of aromatic hydroxyl groups is 1. The van der Waals surface area contributed by atoms with Crippen LogP contribution in [0.5, 0.6) is 5.75 Å². The molecule has 0 amide bonds. The first-order valence-corrected chi connectivity index (χ1v) is 2.95. The Morgan fingerprint density at radius 2 is 1.82 bits per heavy atom. The second-order valence-electron chi connectivity index (χ2n) is 1.98. The summed E-state index contributed by atoms with van der Waals surface area (Å²) in [7, 11) is 0. The lowest BCUT2D eigenvalue weighted by atomic mass is 10.1. The quantitative estimate of drug-likeness (QED) is 0.497. The molecule has 11 heavy (non-hydrogen) atoms. The highest BCUT2D eigenvalue weighted by atomic mass is 16.3. The third-order valence-electron chi connectivity index (χ3n) is 1.22. The van der Waals surface area contributed by atoms with Gasteiger partial charge in [-0.05, 0) is 24.3 Å². The standard InChI is InChI=1S/C8H5O3/c9-5-8(11)6-1-3-7(10)4-2-6/h1-4,10H. The van der Waals surface area contributed by atoms with Gasteiger partial charge < -0.3 is 5.11 Å². The van der Waals surface area contributed by atoms with Gasteiger partial charge in [0.1, 0.15) is 5.75 Å². The molecule has 1 aromatic carbocycles. The van der Waals surface area contributed by atoms with Crippen LogP contribution in [0.25, 0.3) is 0 Å². The molecule has 0 saturated heterocycles. The Hall–Kier alpha value is -1.64. The molecule has 3 heteroatoms. The lowest BCUT2D eigenvalue weighted by Crippen LogP contribution is -1.98. The molecule has 0 aliphatic rings. The van der Waals surface area contributed by atoms with Gasteiger partial charge in [0.15, 0.2) is 0 Å². The number of rotatable bonds is 2. The molecule has 1 radical (unpaired) electrons. The summed E-state index contributed by atoms with van der Waals surface area (Å²) >= 11 is 0. The van der Waals surface area contributed by atoms with Crippen LogP contribution in [0.4, 0.5) is 0 Å². The highest BCUT2D eigenvalue weighted by Crippen LogP contribution is 2.09. The van der Waals surface area contributed by atoms with Gasteiger partial charge in [-0.25, -0.2) is 0 Å². The number of hydrogen-bond donors (Lipinski definition) is 1. The fraction of sp³-hybridized carbons (Fsp3) is 0. The molecule has 0 unspecified atom stereocenters. The molecule has 0 fully saturated rings. The Labute approximate surface area is 63.3 Å². The Morgan fingerprint density at radius 3 is 2.27 bits per heavy atom. The summed E-state index contributed by atoms with van der Waals surface area (Å²) in [6, 6.07) is 5.40. The van der Waals surface area contributed by atoms with Crippen molar-refractivity contribution in [2.45, 2.75) is 0 Å². The monoisotopic (exact) mass is 149 g/mol. The van der Waals surface area contributed by atoms with Gasteiger partial charge >= 0.3 is 0 Å². The lowest BCUT2D eigenvalue weighted by molar-refractivity contribution is 0.106. The summed E-state index contributed by atoms with van der Waals surface area (Å²) in [5.41, 5.74) is 0.234. The van der Waals surface area contributed by atoms with Crippen LogP contribution in [0, 0.1) is 0 Å². The third kappa shape index (κ3) is 1.64. The van der Waals surface area contributed by atoms with Crippen LogP contribution in [0.15, 0.2) is 24.3 Å². The molecule has 0 heterocycles. The number of carbonyl (C=O) groups is 1. The van der Waals surface area contributed by atoms with E-state index in [2.05, 4.69) is 0 Å². The van der Waals surface area contributed by atoms with E-state index in [-0.39, 0.29) is 11.3 Å². The van der Waals surface area contributed by atoms with Crippen molar-refractivity contribution in [2.24, 2.45) is 0 Å². The fourth-order valence-corrected chi connectivity index (χ4v) is 0.672. The molecule has 0 atom stereocenters. The van der Waals surface area contributed by atoms with E-state index >= 15 is 0 Å². The smallest absolute Gasteiger partial charge is 0.277 e. The first-order chi connectivity index (χ1) is 5.24. The Balaban J connectivity index is 2.98. The zero-order valence-electron chi connectivity index (χ0n) is 5.57. The summed E-state index contributed by atoms with van der Waals surface area (Å²) in [4.78, 5) is 20.5. The van der Waals surface area contributed by atoms with Crippen LogP contribution in [0.2, 0.25) is 0 Å². The van der Waals surface area contributed by atoms with E-state index in [1.54, 1.807) is 0 Å².